The lowest BCUT2D eigenvalue weighted by Gasteiger charge is -2.25. The van der Waals surface area contributed by atoms with Crippen LogP contribution < -0.4 is 0 Å². The van der Waals surface area contributed by atoms with Gasteiger partial charge in [-0.2, -0.15) is 0 Å². The summed E-state index contributed by atoms with van der Waals surface area (Å²) in [4.78, 5) is 4.70. The fourth-order valence-corrected chi connectivity index (χ4v) is 2.85. The van der Waals surface area contributed by atoms with Crippen LogP contribution in [-0.2, 0) is 9.47 Å². The lowest BCUT2D eigenvalue weighted by Crippen LogP contribution is -2.34. The first-order valence-electron chi connectivity index (χ1n) is 6.80. The predicted molar refractivity (Wildman–Crippen MR) is 65.4 cm³/mol. The molecule has 2 fully saturated rings. The third-order valence-corrected chi connectivity index (χ3v) is 3.78. The summed E-state index contributed by atoms with van der Waals surface area (Å²) in [7, 11) is 0. The molecule has 3 heterocycles. The quantitative estimate of drug-likeness (QED) is 0.739. The Morgan fingerprint density at radius 2 is 1.41 bits per heavy atom. The third kappa shape index (κ3) is 2.93. The summed E-state index contributed by atoms with van der Waals surface area (Å²) in [6, 6.07) is 0. The van der Waals surface area contributed by atoms with Crippen molar-refractivity contribution in [1.29, 1.82) is 0 Å². The third-order valence-electron chi connectivity index (χ3n) is 3.78. The maximum absolute atomic E-state index is 5.66. The fraction of sp³-hybridized carbons (Fsp3) is 0.846. The maximum Gasteiger partial charge on any atom is 0.0896 e. The SMILES string of the molecule is C1=CN(CC2CCCO2)CN1CC1CCCO1. The Hall–Kier alpha value is -0.740. The van der Waals surface area contributed by atoms with Crippen LogP contribution in [0, 0.1) is 0 Å². The minimum absolute atomic E-state index is 0.447. The summed E-state index contributed by atoms with van der Waals surface area (Å²) in [6.45, 7) is 4.97. The van der Waals surface area contributed by atoms with E-state index in [0.29, 0.717) is 12.2 Å². The minimum Gasteiger partial charge on any atom is -0.376 e. The summed E-state index contributed by atoms with van der Waals surface area (Å²) in [6.07, 6.45) is 10.2. The van der Waals surface area contributed by atoms with Crippen molar-refractivity contribution in [3.05, 3.63) is 12.4 Å². The largest absolute Gasteiger partial charge is 0.376 e. The van der Waals surface area contributed by atoms with Crippen LogP contribution in [0.2, 0.25) is 0 Å². The van der Waals surface area contributed by atoms with Gasteiger partial charge in [0.15, 0.2) is 0 Å². The molecular weight excluding hydrogens is 216 g/mol. The Morgan fingerprint density at radius 3 is 1.82 bits per heavy atom. The lowest BCUT2D eigenvalue weighted by atomic mass is 10.2. The Bertz CT molecular complexity index is 245. The first-order valence-corrected chi connectivity index (χ1v) is 6.80. The molecule has 17 heavy (non-hydrogen) atoms. The molecule has 0 aromatic rings. The highest BCUT2D eigenvalue weighted by Gasteiger charge is 2.23. The van der Waals surface area contributed by atoms with Gasteiger partial charge in [-0.05, 0) is 25.7 Å². The molecule has 2 atom stereocenters. The highest BCUT2D eigenvalue weighted by atomic mass is 16.5. The van der Waals surface area contributed by atoms with Gasteiger partial charge in [0.05, 0.1) is 18.9 Å². The van der Waals surface area contributed by atoms with Crippen molar-refractivity contribution in [1.82, 2.24) is 9.80 Å². The summed E-state index contributed by atoms with van der Waals surface area (Å²) in [5, 5.41) is 0. The predicted octanol–water partition coefficient (Wildman–Crippen LogP) is 1.39. The Kier molecular flexibility index (Phi) is 3.52. The van der Waals surface area contributed by atoms with Gasteiger partial charge in [-0.25, -0.2) is 0 Å². The molecule has 0 N–H and O–H groups in total. The van der Waals surface area contributed by atoms with Gasteiger partial charge in [0.25, 0.3) is 0 Å². The van der Waals surface area contributed by atoms with E-state index < -0.39 is 0 Å². The molecular formula is C13H22N2O2. The molecule has 4 heteroatoms. The molecule has 0 saturated carbocycles. The highest BCUT2D eigenvalue weighted by Crippen LogP contribution is 2.18. The number of hydrogen-bond acceptors (Lipinski definition) is 4. The summed E-state index contributed by atoms with van der Waals surface area (Å²) >= 11 is 0. The van der Waals surface area contributed by atoms with Gasteiger partial charge in [-0.15, -0.1) is 0 Å². The molecule has 2 saturated heterocycles. The highest BCUT2D eigenvalue weighted by molar-refractivity contribution is 4.93. The minimum atomic E-state index is 0.447. The number of hydrogen-bond donors (Lipinski definition) is 0. The van der Waals surface area contributed by atoms with E-state index in [0.717, 1.165) is 33.0 Å². The molecule has 2 unspecified atom stereocenters. The molecule has 0 aromatic heterocycles. The van der Waals surface area contributed by atoms with Crippen LogP contribution in [0.1, 0.15) is 25.7 Å². The molecule has 4 nitrogen and oxygen atoms in total. The van der Waals surface area contributed by atoms with Crippen molar-refractivity contribution in [2.75, 3.05) is 33.0 Å². The van der Waals surface area contributed by atoms with Crippen LogP contribution >= 0.6 is 0 Å². The van der Waals surface area contributed by atoms with Gasteiger partial charge < -0.3 is 19.3 Å². The molecule has 0 aliphatic carbocycles. The summed E-state index contributed by atoms with van der Waals surface area (Å²) in [5.74, 6) is 0. The van der Waals surface area contributed by atoms with Crippen molar-refractivity contribution < 1.29 is 9.47 Å². The van der Waals surface area contributed by atoms with E-state index in [9.17, 15) is 0 Å². The van der Waals surface area contributed by atoms with E-state index in [1.54, 1.807) is 0 Å². The lowest BCUT2D eigenvalue weighted by molar-refractivity contribution is 0.0643. The van der Waals surface area contributed by atoms with Gasteiger partial charge in [0.2, 0.25) is 0 Å². The van der Waals surface area contributed by atoms with Crippen LogP contribution in [0.4, 0.5) is 0 Å². The smallest absolute Gasteiger partial charge is 0.0896 e. The molecule has 0 aromatic carbocycles. The van der Waals surface area contributed by atoms with Crippen LogP contribution in [0.25, 0.3) is 0 Å². The second-order valence-corrected chi connectivity index (χ2v) is 5.25. The second kappa shape index (κ2) is 5.27. The Labute approximate surface area is 103 Å². The van der Waals surface area contributed by atoms with Gasteiger partial charge in [-0.3, -0.25) is 0 Å². The van der Waals surface area contributed by atoms with E-state index in [-0.39, 0.29) is 0 Å². The number of nitrogens with zero attached hydrogens (tertiary/aromatic N) is 2. The summed E-state index contributed by atoms with van der Waals surface area (Å²) < 4.78 is 11.3. The molecule has 0 spiro atoms. The number of rotatable bonds is 4. The van der Waals surface area contributed by atoms with Gasteiger partial charge in [0, 0.05) is 38.7 Å². The van der Waals surface area contributed by atoms with E-state index >= 15 is 0 Å². The topological polar surface area (TPSA) is 24.9 Å². The van der Waals surface area contributed by atoms with Gasteiger partial charge in [0.1, 0.15) is 0 Å². The maximum atomic E-state index is 5.66. The van der Waals surface area contributed by atoms with Crippen molar-refractivity contribution in [3.8, 4) is 0 Å². The molecule has 0 radical (unpaired) electrons. The molecule has 96 valence electrons. The first-order chi connectivity index (χ1) is 8.40. The average molecular weight is 238 g/mol. The van der Waals surface area contributed by atoms with Crippen LogP contribution in [0.3, 0.4) is 0 Å². The fourth-order valence-electron chi connectivity index (χ4n) is 2.85. The Morgan fingerprint density at radius 1 is 0.882 bits per heavy atom. The van der Waals surface area contributed by atoms with Crippen molar-refractivity contribution >= 4 is 0 Å². The molecule has 3 aliphatic heterocycles. The zero-order valence-electron chi connectivity index (χ0n) is 10.4. The monoisotopic (exact) mass is 238 g/mol. The second-order valence-electron chi connectivity index (χ2n) is 5.25. The van der Waals surface area contributed by atoms with Gasteiger partial charge in [-0.1, -0.05) is 0 Å². The van der Waals surface area contributed by atoms with Crippen molar-refractivity contribution in [2.45, 2.75) is 37.9 Å². The van der Waals surface area contributed by atoms with Crippen LogP contribution in [0.15, 0.2) is 12.4 Å². The molecule has 0 amide bonds. The van der Waals surface area contributed by atoms with Crippen molar-refractivity contribution in [3.63, 3.8) is 0 Å². The van der Waals surface area contributed by atoms with Gasteiger partial charge >= 0.3 is 0 Å². The van der Waals surface area contributed by atoms with E-state index in [1.807, 2.05) is 0 Å². The zero-order valence-corrected chi connectivity index (χ0v) is 10.4. The molecule has 3 aliphatic rings. The van der Waals surface area contributed by atoms with E-state index in [1.165, 1.54) is 25.7 Å². The Balaban J connectivity index is 1.40. The molecule has 3 rings (SSSR count). The zero-order chi connectivity index (χ0) is 11.5. The van der Waals surface area contributed by atoms with Crippen LogP contribution in [0.5, 0.6) is 0 Å². The normalized spacial score (nSPS) is 32.9. The number of ether oxygens (including phenoxy) is 2. The molecule has 0 bridgehead atoms. The van der Waals surface area contributed by atoms with E-state index in [2.05, 4.69) is 22.2 Å². The summed E-state index contributed by atoms with van der Waals surface area (Å²) in [5.41, 5.74) is 0. The van der Waals surface area contributed by atoms with E-state index in [4.69, 9.17) is 9.47 Å². The average Bonchev–Trinajstić information content (AvgIpc) is 3.02. The van der Waals surface area contributed by atoms with Crippen molar-refractivity contribution in [2.24, 2.45) is 0 Å². The standard InChI is InChI=1S/C13H22N2O2/c1-3-12(16-7-1)9-14-5-6-15(11-14)10-13-4-2-8-17-13/h5-6,12-13H,1-4,7-11H2. The first kappa shape index (κ1) is 11.4. The van der Waals surface area contributed by atoms with Crippen LogP contribution in [-0.4, -0.2) is 55.0 Å².